The summed E-state index contributed by atoms with van der Waals surface area (Å²) >= 11 is 0. The average Bonchev–Trinajstić information content (AvgIpc) is 3.38. The number of aromatic nitrogens is 6. The normalized spacial score (nSPS) is 13.9. The fourth-order valence-corrected chi connectivity index (χ4v) is 3.16. The molecule has 4 aromatic rings. The molecule has 1 saturated heterocycles. The number of Topliss-reactive ketones (excluding diaryl/α,β-unsaturated/α-hetero) is 1. The first-order chi connectivity index (χ1) is 14.7. The Morgan fingerprint density at radius 2 is 1.90 bits per heavy atom. The molecule has 0 bridgehead atoms. The minimum atomic E-state index is -0.454. The number of hydrogen-bond donors (Lipinski definition) is 2. The molecular weight excluding hydrogens is 386 g/mol. The molecule has 0 atom stereocenters. The maximum Gasteiger partial charge on any atom is 0.274 e. The molecule has 2 N–H and O–H groups in total. The minimum absolute atomic E-state index is 0.0114. The molecule has 30 heavy (non-hydrogen) atoms. The lowest BCUT2D eigenvalue weighted by molar-refractivity contribution is -0.00356. The fourth-order valence-electron chi connectivity index (χ4n) is 3.16. The second-order valence-electron chi connectivity index (χ2n) is 6.95. The van der Waals surface area contributed by atoms with Gasteiger partial charge < -0.3 is 10.1 Å². The molecule has 0 saturated carbocycles. The number of imidazole rings is 1. The molecule has 5 rings (SSSR count). The first kappa shape index (κ1) is 18.1. The smallest absolute Gasteiger partial charge is 0.274 e. The zero-order valence-electron chi connectivity index (χ0n) is 15.8. The van der Waals surface area contributed by atoms with Crippen LogP contribution in [0.5, 0.6) is 0 Å². The van der Waals surface area contributed by atoms with E-state index in [1.165, 1.54) is 0 Å². The molecule has 10 heteroatoms. The molecule has 1 aliphatic heterocycles. The third kappa shape index (κ3) is 3.44. The molecule has 1 amide bonds. The molecule has 1 fully saturated rings. The standard InChI is InChI=1S/C20H17N7O3/c28-16(17-18(25-26-24-17)19(29)21-14-10-30-11-14)8-13-6-7-27-9-15(23-20(27)22-13)12-4-2-1-3-5-12/h1-7,9,14H,8,10-11H2,(H,21,29)(H,24,25,26). The van der Waals surface area contributed by atoms with Crippen LogP contribution in [0.25, 0.3) is 17.0 Å². The van der Waals surface area contributed by atoms with Gasteiger partial charge >= 0.3 is 0 Å². The van der Waals surface area contributed by atoms with Gasteiger partial charge in [-0.25, -0.2) is 9.97 Å². The van der Waals surface area contributed by atoms with Crippen LogP contribution in [0, 0.1) is 0 Å². The molecule has 4 heterocycles. The quantitative estimate of drug-likeness (QED) is 0.461. The summed E-state index contributed by atoms with van der Waals surface area (Å²) in [6, 6.07) is 11.5. The lowest BCUT2D eigenvalue weighted by Crippen LogP contribution is -2.48. The molecular formula is C20H17N7O3. The Morgan fingerprint density at radius 3 is 2.67 bits per heavy atom. The number of hydrogen-bond acceptors (Lipinski definition) is 7. The number of H-pyrrole nitrogens is 1. The summed E-state index contributed by atoms with van der Waals surface area (Å²) in [5.41, 5.74) is 2.26. The van der Waals surface area contributed by atoms with E-state index in [0.717, 1.165) is 11.3 Å². The Balaban J connectivity index is 1.35. The molecule has 150 valence electrons. The Hall–Kier alpha value is -3.92. The van der Waals surface area contributed by atoms with Crippen molar-refractivity contribution in [2.24, 2.45) is 0 Å². The van der Waals surface area contributed by atoms with E-state index in [0.29, 0.717) is 24.7 Å². The summed E-state index contributed by atoms with van der Waals surface area (Å²) in [7, 11) is 0. The van der Waals surface area contributed by atoms with Gasteiger partial charge in [0.25, 0.3) is 5.91 Å². The number of amides is 1. The van der Waals surface area contributed by atoms with Crippen molar-refractivity contribution < 1.29 is 14.3 Å². The highest BCUT2D eigenvalue weighted by atomic mass is 16.5. The van der Waals surface area contributed by atoms with Crippen molar-refractivity contribution in [3.8, 4) is 11.3 Å². The van der Waals surface area contributed by atoms with E-state index in [9.17, 15) is 9.59 Å². The van der Waals surface area contributed by atoms with E-state index in [1.807, 2.05) is 36.5 Å². The molecule has 3 aromatic heterocycles. The van der Waals surface area contributed by atoms with E-state index in [-0.39, 0.29) is 29.6 Å². The third-order valence-electron chi connectivity index (χ3n) is 4.80. The second-order valence-corrected chi connectivity index (χ2v) is 6.95. The predicted octanol–water partition coefficient (Wildman–Crippen LogP) is 1.07. The summed E-state index contributed by atoms with van der Waals surface area (Å²) in [6.07, 6.45) is 3.66. The van der Waals surface area contributed by atoms with Crippen LogP contribution in [0.1, 0.15) is 26.7 Å². The van der Waals surface area contributed by atoms with Crippen LogP contribution in [0.2, 0.25) is 0 Å². The Bertz CT molecular complexity index is 1230. The number of ketones is 1. The molecule has 1 aromatic carbocycles. The third-order valence-corrected chi connectivity index (χ3v) is 4.80. The fraction of sp³-hybridized carbons (Fsp3) is 0.200. The highest BCUT2D eigenvalue weighted by Gasteiger charge is 2.27. The summed E-state index contributed by atoms with van der Waals surface area (Å²) in [5.74, 6) is -0.322. The van der Waals surface area contributed by atoms with Gasteiger partial charge in [-0.05, 0) is 6.07 Å². The van der Waals surface area contributed by atoms with Gasteiger partial charge in [-0.3, -0.25) is 14.0 Å². The van der Waals surface area contributed by atoms with Crippen molar-refractivity contribution in [3.63, 3.8) is 0 Å². The topological polar surface area (TPSA) is 127 Å². The van der Waals surface area contributed by atoms with E-state index < -0.39 is 5.91 Å². The first-order valence-electron chi connectivity index (χ1n) is 9.40. The van der Waals surface area contributed by atoms with Gasteiger partial charge in [0.2, 0.25) is 5.78 Å². The summed E-state index contributed by atoms with van der Waals surface area (Å²) in [5, 5.41) is 12.8. The van der Waals surface area contributed by atoms with Crippen LogP contribution < -0.4 is 5.32 Å². The molecule has 10 nitrogen and oxygen atoms in total. The van der Waals surface area contributed by atoms with Crippen molar-refractivity contribution in [2.75, 3.05) is 13.2 Å². The number of ether oxygens (including phenoxy) is 1. The van der Waals surface area contributed by atoms with E-state index >= 15 is 0 Å². The lowest BCUT2D eigenvalue weighted by atomic mass is 10.1. The van der Waals surface area contributed by atoms with Crippen molar-refractivity contribution >= 4 is 17.5 Å². The summed E-state index contributed by atoms with van der Waals surface area (Å²) in [4.78, 5) is 34.1. The largest absolute Gasteiger partial charge is 0.377 e. The average molecular weight is 403 g/mol. The van der Waals surface area contributed by atoms with E-state index in [1.54, 1.807) is 16.7 Å². The second kappa shape index (κ2) is 7.48. The van der Waals surface area contributed by atoms with Crippen molar-refractivity contribution in [1.29, 1.82) is 0 Å². The molecule has 0 unspecified atom stereocenters. The van der Waals surface area contributed by atoms with Crippen LogP contribution in [0.4, 0.5) is 0 Å². The zero-order valence-corrected chi connectivity index (χ0v) is 15.8. The molecule has 1 aliphatic rings. The number of nitrogens with zero attached hydrogens (tertiary/aromatic N) is 5. The number of carbonyl (C=O) groups excluding carboxylic acids is 2. The molecule has 0 spiro atoms. The van der Waals surface area contributed by atoms with E-state index in [4.69, 9.17) is 4.74 Å². The van der Waals surface area contributed by atoms with Crippen molar-refractivity contribution in [3.05, 3.63) is 65.9 Å². The minimum Gasteiger partial charge on any atom is -0.377 e. The van der Waals surface area contributed by atoms with E-state index in [2.05, 4.69) is 30.7 Å². The summed E-state index contributed by atoms with van der Waals surface area (Å²) < 4.78 is 6.83. The van der Waals surface area contributed by atoms with Gasteiger partial charge in [0.15, 0.2) is 17.2 Å². The molecule has 0 aliphatic carbocycles. The predicted molar refractivity (Wildman–Crippen MR) is 105 cm³/mol. The maximum absolute atomic E-state index is 12.7. The van der Waals surface area contributed by atoms with Gasteiger partial charge in [0, 0.05) is 18.0 Å². The Labute approximate surface area is 170 Å². The van der Waals surface area contributed by atoms with Gasteiger partial charge in [-0.1, -0.05) is 30.3 Å². The van der Waals surface area contributed by atoms with Gasteiger partial charge in [0.05, 0.1) is 37.1 Å². The number of fused-ring (bicyclic) bond motifs is 1. The van der Waals surface area contributed by atoms with Crippen molar-refractivity contribution in [2.45, 2.75) is 12.5 Å². The van der Waals surface area contributed by atoms with Crippen LogP contribution in [0.3, 0.4) is 0 Å². The van der Waals surface area contributed by atoms with Crippen LogP contribution in [-0.2, 0) is 11.2 Å². The number of rotatable bonds is 6. The summed E-state index contributed by atoms with van der Waals surface area (Å²) in [6.45, 7) is 0.901. The van der Waals surface area contributed by atoms with Crippen molar-refractivity contribution in [1.82, 2.24) is 35.1 Å². The lowest BCUT2D eigenvalue weighted by Gasteiger charge is -2.26. The van der Waals surface area contributed by atoms with Crippen LogP contribution in [0.15, 0.2) is 48.8 Å². The number of aromatic amines is 1. The zero-order chi connectivity index (χ0) is 20.5. The highest BCUT2D eigenvalue weighted by molar-refractivity contribution is 6.06. The first-order valence-corrected chi connectivity index (χ1v) is 9.40. The number of benzene rings is 1. The van der Waals surface area contributed by atoms with Gasteiger partial charge in [0.1, 0.15) is 0 Å². The Kier molecular flexibility index (Phi) is 4.52. The number of nitrogens with one attached hydrogen (secondary N) is 2. The monoisotopic (exact) mass is 403 g/mol. The van der Waals surface area contributed by atoms with Crippen LogP contribution >= 0.6 is 0 Å². The SMILES string of the molecule is O=C(Cc1ccn2cc(-c3ccccc3)nc2n1)c1n[nH]nc1C(=O)NC1COC1. The van der Waals surface area contributed by atoms with Gasteiger partial charge in [-0.2, -0.15) is 15.4 Å². The maximum atomic E-state index is 12.7. The molecule has 0 radical (unpaired) electrons. The number of carbonyl (C=O) groups is 2. The highest BCUT2D eigenvalue weighted by Crippen LogP contribution is 2.18. The van der Waals surface area contributed by atoms with Gasteiger partial charge in [-0.15, -0.1) is 0 Å². The van der Waals surface area contributed by atoms with Crippen LogP contribution in [-0.4, -0.2) is 60.7 Å². The Morgan fingerprint density at radius 1 is 1.10 bits per heavy atom.